The molecule has 1 unspecified atom stereocenters. The summed E-state index contributed by atoms with van der Waals surface area (Å²) in [5.74, 6) is -0.0895. The summed E-state index contributed by atoms with van der Waals surface area (Å²) in [6, 6.07) is 10.1. The summed E-state index contributed by atoms with van der Waals surface area (Å²) in [6.45, 7) is 3.84. The predicted molar refractivity (Wildman–Crippen MR) is 115 cm³/mol. The van der Waals surface area contributed by atoms with Gasteiger partial charge in [-0.1, -0.05) is 18.2 Å². The molecule has 0 spiro atoms. The van der Waals surface area contributed by atoms with Crippen molar-refractivity contribution >= 4 is 28.3 Å². The molecule has 0 fully saturated rings. The first kappa shape index (κ1) is 20.4. The molecule has 160 valence electrons. The van der Waals surface area contributed by atoms with Gasteiger partial charge in [-0.3, -0.25) is 14.4 Å². The van der Waals surface area contributed by atoms with Crippen LogP contribution < -0.4 is 26.1 Å². The zero-order valence-corrected chi connectivity index (χ0v) is 17.2. The molecule has 1 aliphatic heterocycles. The molecule has 9 heteroatoms. The fourth-order valence-corrected chi connectivity index (χ4v) is 3.66. The number of primary amides is 1. The number of nitrogens with one attached hydrogen (secondary N) is 1. The highest BCUT2D eigenvalue weighted by molar-refractivity contribution is 6.04. The van der Waals surface area contributed by atoms with Crippen LogP contribution in [0.25, 0.3) is 10.8 Å². The maximum Gasteiger partial charge on any atom is 0.275 e. The Bertz CT molecular complexity index is 1250. The van der Waals surface area contributed by atoms with Crippen molar-refractivity contribution < 1.29 is 19.1 Å². The number of benzene rings is 2. The minimum atomic E-state index is -0.783. The zero-order chi connectivity index (χ0) is 22.1. The average molecular weight is 422 g/mol. The van der Waals surface area contributed by atoms with Crippen LogP contribution in [0.5, 0.6) is 11.5 Å². The minimum absolute atomic E-state index is 0.0445. The first-order valence-electron chi connectivity index (χ1n) is 9.93. The number of carbonyl (C=O) groups excluding carboxylic acids is 2. The van der Waals surface area contributed by atoms with Gasteiger partial charge in [0.05, 0.1) is 17.7 Å². The van der Waals surface area contributed by atoms with Crippen LogP contribution in [0.3, 0.4) is 0 Å². The fourth-order valence-electron chi connectivity index (χ4n) is 3.66. The van der Waals surface area contributed by atoms with Crippen LogP contribution in [0.15, 0.2) is 41.2 Å². The predicted octanol–water partition coefficient (Wildman–Crippen LogP) is 1.86. The number of anilines is 1. The Morgan fingerprint density at radius 1 is 1.29 bits per heavy atom. The molecule has 0 saturated carbocycles. The van der Waals surface area contributed by atoms with Crippen molar-refractivity contribution in [2.45, 2.75) is 32.9 Å². The van der Waals surface area contributed by atoms with E-state index in [9.17, 15) is 14.4 Å². The van der Waals surface area contributed by atoms with Gasteiger partial charge in [0.15, 0.2) is 5.69 Å². The van der Waals surface area contributed by atoms with Crippen LogP contribution in [-0.2, 0) is 17.8 Å². The van der Waals surface area contributed by atoms with Crippen molar-refractivity contribution in [3.63, 3.8) is 0 Å². The highest BCUT2D eigenvalue weighted by Crippen LogP contribution is 2.38. The molecule has 4 rings (SSSR count). The molecular weight excluding hydrogens is 400 g/mol. The Morgan fingerprint density at radius 3 is 2.74 bits per heavy atom. The molecular formula is C22H22N4O5. The standard InChI is InChI=1S/C22H22N4O5/c1-3-30-18-9-13-8-12(2)31-17(13)10-16(18)24-19(27)11-26-22(29)15-7-5-4-6-14(15)20(25-26)21(23)28/h4-7,9-10,12H,3,8,11H2,1-2H3,(H2,23,28)(H,24,27). The van der Waals surface area contributed by atoms with Gasteiger partial charge < -0.3 is 20.5 Å². The lowest BCUT2D eigenvalue weighted by Crippen LogP contribution is -2.32. The summed E-state index contributed by atoms with van der Waals surface area (Å²) in [5, 5.41) is 7.38. The molecule has 2 aromatic carbocycles. The molecule has 0 aliphatic carbocycles. The lowest BCUT2D eigenvalue weighted by atomic mass is 10.1. The van der Waals surface area contributed by atoms with Gasteiger partial charge >= 0.3 is 0 Å². The summed E-state index contributed by atoms with van der Waals surface area (Å²) in [6.07, 6.45) is 0.804. The topological polar surface area (TPSA) is 126 Å². The monoisotopic (exact) mass is 422 g/mol. The molecule has 1 aliphatic rings. The number of nitrogens with zero attached hydrogens (tertiary/aromatic N) is 2. The van der Waals surface area contributed by atoms with Crippen LogP contribution in [0.4, 0.5) is 5.69 Å². The third-order valence-electron chi connectivity index (χ3n) is 4.97. The summed E-state index contributed by atoms with van der Waals surface area (Å²) >= 11 is 0. The number of amides is 2. The minimum Gasteiger partial charge on any atom is -0.492 e. The summed E-state index contributed by atoms with van der Waals surface area (Å²) < 4.78 is 12.4. The Hall–Kier alpha value is -3.88. The largest absolute Gasteiger partial charge is 0.492 e. The van der Waals surface area contributed by atoms with E-state index in [0.29, 0.717) is 29.2 Å². The molecule has 3 N–H and O–H groups in total. The first-order valence-corrected chi connectivity index (χ1v) is 9.93. The van der Waals surface area contributed by atoms with E-state index in [1.54, 1.807) is 30.3 Å². The lowest BCUT2D eigenvalue weighted by molar-refractivity contribution is -0.117. The molecule has 1 atom stereocenters. The molecule has 0 bridgehead atoms. The maximum absolute atomic E-state index is 12.8. The van der Waals surface area contributed by atoms with Gasteiger partial charge in [0.1, 0.15) is 24.1 Å². The number of rotatable bonds is 6. The highest BCUT2D eigenvalue weighted by atomic mass is 16.5. The maximum atomic E-state index is 12.8. The second-order valence-corrected chi connectivity index (χ2v) is 7.29. The second-order valence-electron chi connectivity index (χ2n) is 7.29. The highest BCUT2D eigenvalue weighted by Gasteiger charge is 2.23. The van der Waals surface area contributed by atoms with Gasteiger partial charge in [-0.05, 0) is 26.0 Å². The molecule has 3 aromatic rings. The number of ether oxygens (including phenoxy) is 2. The number of hydrogen-bond donors (Lipinski definition) is 2. The molecule has 0 radical (unpaired) electrons. The fraction of sp³-hybridized carbons (Fsp3) is 0.273. The summed E-state index contributed by atoms with van der Waals surface area (Å²) in [7, 11) is 0. The molecule has 2 amide bonds. The van der Waals surface area contributed by atoms with Crippen molar-refractivity contribution in [2.75, 3.05) is 11.9 Å². The van der Waals surface area contributed by atoms with E-state index in [0.717, 1.165) is 16.7 Å². The Morgan fingerprint density at radius 2 is 2.03 bits per heavy atom. The number of aromatic nitrogens is 2. The van der Waals surface area contributed by atoms with E-state index < -0.39 is 23.9 Å². The molecule has 1 aromatic heterocycles. The molecule has 2 heterocycles. The molecule has 9 nitrogen and oxygen atoms in total. The van der Waals surface area contributed by atoms with Crippen LogP contribution in [0.2, 0.25) is 0 Å². The smallest absolute Gasteiger partial charge is 0.275 e. The van der Waals surface area contributed by atoms with E-state index in [4.69, 9.17) is 15.2 Å². The number of fused-ring (bicyclic) bond motifs is 2. The van der Waals surface area contributed by atoms with E-state index >= 15 is 0 Å². The Labute approximate surface area is 177 Å². The van der Waals surface area contributed by atoms with Gasteiger partial charge in [0, 0.05) is 23.4 Å². The van der Waals surface area contributed by atoms with Crippen molar-refractivity contribution in [1.29, 1.82) is 0 Å². The average Bonchev–Trinajstić information content (AvgIpc) is 3.09. The van der Waals surface area contributed by atoms with Gasteiger partial charge in [-0.2, -0.15) is 5.10 Å². The van der Waals surface area contributed by atoms with Crippen LogP contribution in [0.1, 0.15) is 29.9 Å². The summed E-state index contributed by atoms with van der Waals surface area (Å²) in [5.41, 5.74) is 6.30. The van der Waals surface area contributed by atoms with Crippen molar-refractivity contribution in [1.82, 2.24) is 9.78 Å². The molecule has 31 heavy (non-hydrogen) atoms. The normalized spacial score (nSPS) is 14.7. The zero-order valence-electron chi connectivity index (χ0n) is 17.2. The second kappa shape index (κ2) is 8.10. The van der Waals surface area contributed by atoms with E-state index in [2.05, 4.69) is 10.4 Å². The van der Waals surface area contributed by atoms with Gasteiger partial charge in [0.25, 0.3) is 11.5 Å². The van der Waals surface area contributed by atoms with E-state index in [-0.39, 0.29) is 17.2 Å². The van der Waals surface area contributed by atoms with Gasteiger partial charge in [0.2, 0.25) is 5.91 Å². The third-order valence-corrected chi connectivity index (χ3v) is 4.97. The SMILES string of the molecule is CCOc1cc2c(cc1NC(=O)Cn1nc(C(N)=O)c3ccccc3c1=O)OC(C)C2. The van der Waals surface area contributed by atoms with E-state index in [1.165, 1.54) is 0 Å². The van der Waals surface area contributed by atoms with Gasteiger partial charge in [-0.15, -0.1) is 0 Å². The summed E-state index contributed by atoms with van der Waals surface area (Å²) in [4.78, 5) is 37.3. The van der Waals surface area contributed by atoms with E-state index in [1.807, 2.05) is 19.9 Å². The van der Waals surface area contributed by atoms with Crippen molar-refractivity contribution in [3.05, 3.63) is 58.0 Å². The van der Waals surface area contributed by atoms with Gasteiger partial charge in [-0.25, -0.2) is 4.68 Å². The molecule has 0 saturated heterocycles. The number of carbonyl (C=O) groups is 2. The van der Waals surface area contributed by atoms with Crippen LogP contribution in [-0.4, -0.2) is 34.3 Å². The van der Waals surface area contributed by atoms with Crippen LogP contribution in [0, 0.1) is 0 Å². The quantitative estimate of drug-likeness (QED) is 0.625. The number of nitrogens with two attached hydrogens (primary N) is 1. The Balaban J connectivity index is 1.65. The lowest BCUT2D eigenvalue weighted by Gasteiger charge is -2.14. The van der Waals surface area contributed by atoms with Crippen molar-refractivity contribution in [3.8, 4) is 11.5 Å². The number of hydrogen-bond acceptors (Lipinski definition) is 6. The Kier molecular flexibility index (Phi) is 5.33. The van der Waals surface area contributed by atoms with Crippen LogP contribution >= 0.6 is 0 Å². The first-order chi connectivity index (χ1) is 14.9. The van der Waals surface area contributed by atoms with Crippen molar-refractivity contribution in [2.24, 2.45) is 5.73 Å². The third kappa shape index (κ3) is 3.94.